The standard InChI is InChI=1S/C14H18BrClN2O2.ClH/c1-9-8-17-5-6-18(9)14(19)10(2)20-13-4-3-11(16)7-12(13)15;/h3-4,7,9-10,17H,5-6,8H2,1-2H3;1H/t9-,10?;/m1./s1. The van der Waals surface area contributed by atoms with Crippen molar-refractivity contribution in [2.45, 2.75) is 26.0 Å². The van der Waals surface area contributed by atoms with Crippen molar-refractivity contribution in [2.24, 2.45) is 0 Å². The Bertz CT molecular complexity index is 502. The third kappa shape index (κ3) is 4.74. The Kier molecular flexibility index (Phi) is 7.27. The van der Waals surface area contributed by atoms with Crippen LogP contribution in [-0.4, -0.2) is 42.6 Å². The Labute approximate surface area is 144 Å². The number of carbonyl (C=O) groups is 1. The Hall–Kier alpha value is -0.490. The third-order valence-corrected chi connectivity index (χ3v) is 4.18. The number of nitrogens with zero attached hydrogens (tertiary/aromatic N) is 1. The molecule has 0 bridgehead atoms. The summed E-state index contributed by atoms with van der Waals surface area (Å²) in [5.41, 5.74) is 0. The number of rotatable bonds is 3. The van der Waals surface area contributed by atoms with E-state index in [1.54, 1.807) is 25.1 Å². The molecule has 1 aromatic carbocycles. The lowest BCUT2D eigenvalue weighted by atomic mass is 10.2. The molecule has 2 atom stereocenters. The normalized spacial score (nSPS) is 19.6. The monoisotopic (exact) mass is 396 g/mol. The number of piperazine rings is 1. The van der Waals surface area contributed by atoms with Gasteiger partial charge in [-0.2, -0.15) is 0 Å². The lowest BCUT2D eigenvalue weighted by Crippen LogP contribution is -2.55. The maximum absolute atomic E-state index is 12.4. The maximum Gasteiger partial charge on any atom is 0.263 e. The van der Waals surface area contributed by atoms with Crippen LogP contribution in [0.25, 0.3) is 0 Å². The zero-order valence-electron chi connectivity index (χ0n) is 11.9. The summed E-state index contributed by atoms with van der Waals surface area (Å²) in [4.78, 5) is 14.3. The minimum Gasteiger partial charge on any atom is -0.480 e. The van der Waals surface area contributed by atoms with Crippen molar-refractivity contribution in [3.05, 3.63) is 27.7 Å². The summed E-state index contributed by atoms with van der Waals surface area (Å²) in [7, 11) is 0. The van der Waals surface area contributed by atoms with Crippen LogP contribution in [0.3, 0.4) is 0 Å². The van der Waals surface area contributed by atoms with Gasteiger partial charge in [0.25, 0.3) is 5.91 Å². The zero-order chi connectivity index (χ0) is 14.7. The van der Waals surface area contributed by atoms with Crippen LogP contribution < -0.4 is 10.1 Å². The van der Waals surface area contributed by atoms with Gasteiger partial charge in [-0.05, 0) is 48.0 Å². The number of hydrogen-bond acceptors (Lipinski definition) is 3. The van der Waals surface area contributed by atoms with Crippen molar-refractivity contribution in [3.63, 3.8) is 0 Å². The topological polar surface area (TPSA) is 41.6 Å². The van der Waals surface area contributed by atoms with Crippen LogP contribution >= 0.6 is 39.9 Å². The molecule has 0 saturated carbocycles. The summed E-state index contributed by atoms with van der Waals surface area (Å²) >= 11 is 9.28. The van der Waals surface area contributed by atoms with E-state index < -0.39 is 6.10 Å². The van der Waals surface area contributed by atoms with Gasteiger partial charge in [0.2, 0.25) is 0 Å². The number of carbonyl (C=O) groups excluding carboxylic acids is 1. The summed E-state index contributed by atoms with van der Waals surface area (Å²) in [6.45, 7) is 6.18. The molecule has 1 aromatic rings. The molecule has 1 saturated heterocycles. The van der Waals surface area contributed by atoms with Crippen LogP contribution in [0.2, 0.25) is 5.02 Å². The highest BCUT2D eigenvalue weighted by Crippen LogP contribution is 2.29. The summed E-state index contributed by atoms with van der Waals surface area (Å²) in [6, 6.07) is 5.45. The van der Waals surface area contributed by atoms with E-state index in [-0.39, 0.29) is 24.4 Å². The molecule has 1 unspecified atom stereocenters. The van der Waals surface area contributed by atoms with E-state index in [0.717, 1.165) is 24.1 Å². The molecular formula is C14H19BrCl2N2O2. The molecule has 0 aromatic heterocycles. The minimum absolute atomic E-state index is 0. The maximum atomic E-state index is 12.4. The molecule has 1 aliphatic rings. The van der Waals surface area contributed by atoms with Gasteiger partial charge in [0.15, 0.2) is 6.10 Å². The summed E-state index contributed by atoms with van der Waals surface area (Å²) in [5.74, 6) is 0.638. The van der Waals surface area contributed by atoms with Crippen LogP contribution in [0.1, 0.15) is 13.8 Å². The van der Waals surface area contributed by atoms with Crippen LogP contribution in [0.5, 0.6) is 5.75 Å². The van der Waals surface area contributed by atoms with Crippen molar-refractivity contribution in [3.8, 4) is 5.75 Å². The van der Waals surface area contributed by atoms with Crippen molar-refractivity contribution >= 4 is 45.8 Å². The average Bonchev–Trinajstić information content (AvgIpc) is 2.41. The second-order valence-electron chi connectivity index (χ2n) is 4.92. The number of amides is 1. The SMILES string of the molecule is CC(Oc1ccc(Cl)cc1Br)C(=O)N1CCNC[C@H]1C.Cl. The fourth-order valence-corrected chi connectivity index (χ4v) is 2.99. The molecule has 1 amide bonds. The number of ether oxygens (including phenoxy) is 1. The van der Waals surface area contributed by atoms with Crippen LogP contribution in [0.4, 0.5) is 0 Å². The molecule has 1 aliphatic heterocycles. The first-order valence-corrected chi connectivity index (χ1v) is 7.79. The third-order valence-electron chi connectivity index (χ3n) is 3.33. The van der Waals surface area contributed by atoms with Crippen molar-refractivity contribution in [1.29, 1.82) is 0 Å². The lowest BCUT2D eigenvalue weighted by Gasteiger charge is -2.35. The molecular weight excluding hydrogens is 379 g/mol. The Morgan fingerprint density at radius 2 is 2.29 bits per heavy atom. The van der Waals surface area contributed by atoms with Crippen LogP contribution in [0.15, 0.2) is 22.7 Å². The number of halogens is 3. The molecule has 7 heteroatoms. The van der Waals surface area contributed by atoms with Gasteiger partial charge in [0, 0.05) is 30.7 Å². The molecule has 1 heterocycles. The van der Waals surface area contributed by atoms with E-state index in [2.05, 4.69) is 21.2 Å². The highest BCUT2D eigenvalue weighted by molar-refractivity contribution is 9.10. The smallest absolute Gasteiger partial charge is 0.263 e. The largest absolute Gasteiger partial charge is 0.480 e. The van der Waals surface area contributed by atoms with E-state index in [0.29, 0.717) is 10.8 Å². The first kappa shape index (κ1) is 18.6. The fourth-order valence-electron chi connectivity index (χ4n) is 2.21. The fraction of sp³-hybridized carbons (Fsp3) is 0.500. The predicted molar refractivity (Wildman–Crippen MR) is 90.5 cm³/mol. The highest BCUT2D eigenvalue weighted by atomic mass is 79.9. The minimum atomic E-state index is -0.520. The van der Waals surface area contributed by atoms with Gasteiger partial charge in [-0.3, -0.25) is 4.79 Å². The predicted octanol–water partition coefficient (Wildman–Crippen LogP) is 3.11. The first-order valence-electron chi connectivity index (χ1n) is 6.62. The Morgan fingerprint density at radius 3 is 2.90 bits per heavy atom. The zero-order valence-corrected chi connectivity index (χ0v) is 15.1. The van der Waals surface area contributed by atoms with Crippen LogP contribution in [-0.2, 0) is 4.79 Å². The van der Waals surface area contributed by atoms with Gasteiger partial charge < -0.3 is 15.0 Å². The molecule has 1 fully saturated rings. The molecule has 1 N–H and O–H groups in total. The van der Waals surface area contributed by atoms with Crippen molar-refractivity contribution < 1.29 is 9.53 Å². The number of benzene rings is 1. The highest BCUT2D eigenvalue weighted by Gasteiger charge is 2.28. The van der Waals surface area contributed by atoms with Crippen molar-refractivity contribution in [1.82, 2.24) is 10.2 Å². The van der Waals surface area contributed by atoms with Gasteiger partial charge in [-0.15, -0.1) is 12.4 Å². The van der Waals surface area contributed by atoms with E-state index in [9.17, 15) is 4.79 Å². The second kappa shape index (κ2) is 8.22. The quantitative estimate of drug-likeness (QED) is 0.851. The Balaban J connectivity index is 0.00000220. The summed E-state index contributed by atoms with van der Waals surface area (Å²) < 4.78 is 6.49. The Morgan fingerprint density at radius 1 is 1.57 bits per heavy atom. The van der Waals surface area contributed by atoms with Gasteiger partial charge in [-0.25, -0.2) is 0 Å². The number of hydrogen-bond donors (Lipinski definition) is 1. The molecule has 0 radical (unpaired) electrons. The van der Waals surface area contributed by atoms with E-state index in [4.69, 9.17) is 16.3 Å². The van der Waals surface area contributed by atoms with Gasteiger partial charge >= 0.3 is 0 Å². The molecule has 118 valence electrons. The summed E-state index contributed by atoms with van der Waals surface area (Å²) in [5, 5.41) is 3.89. The molecule has 0 aliphatic carbocycles. The lowest BCUT2D eigenvalue weighted by molar-refractivity contribution is -0.140. The average molecular weight is 398 g/mol. The number of nitrogens with one attached hydrogen (secondary N) is 1. The van der Waals surface area contributed by atoms with E-state index in [1.807, 2.05) is 11.8 Å². The van der Waals surface area contributed by atoms with E-state index in [1.165, 1.54) is 0 Å². The van der Waals surface area contributed by atoms with Crippen molar-refractivity contribution in [2.75, 3.05) is 19.6 Å². The summed E-state index contributed by atoms with van der Waals surface area (Å²) in [6.07, 6.45) is -0.520. The molecule has 2 rings (SSSR count). The second-order valence-corrected chi connectivity index (χ2v) is 6.21. The molecule has 4 nitrogen and oxygen atoms in total. The van der Waals surface area contributed by atoms with E-state index >= 15 is 0 Å². The molecule has 21 heavy (non-hydrogen) atoms. The first-order chi connectivity index (χ1) is 9.49. The van der Waals surface area contributed by atoms with Crippen LogP contribution in [0, 0.1) is 0 Å². The van der Waals surface area contributed by atoms with Gasteiger partial charge in [0.1, 0.15) is 5.75 Å². The van der Waals surface area contributed by atoms with Gasteiger partial charge in [0.05, 0.1) is 4.47 Å². The molecule has 0 spiro atoms. The van der Waals surface area contributed by atoms with Gasteiger partial charge in [-0.1, -0.05) is 11.6 Å².